The summed E-state index contributed by atoms with van der Waals surface area (Å²) in [5, 5.41) is 12.1. The van der Waals surface area contributed by atoms with Crippen molar-refractivity contribution in [2.24, 2.45) is 5.92 Å². The van der Waals surface area contributed by atoms with E-state index in [4.69, 9.17) is 0 Å². The summed E-state index contributed by atoms with van der Waals surface area (Å²) in [6.07, 6.45) is 0.807. The Morgan fingerprint density at radius 1 is 1.41 bits per heavy atom. The second kappa shape index (κ2) is 5.66. The molecule has 0 aromatic heterocycles. The van der Waals surface area contributed by atoms with Gasteiger partial charge in [-0.05, 0) is 31.4 Å². The van der Waals surface area contributed by atoms with Gasteiger partial charge in [0.15, 0.2) is 0 Å². The molecule has 0 aliphatic carbocycles. The van der Waals surface area contributed by atoms with E-state index in [-0.39, 0.29) is 17.4 Å². The Bertz CT molecular complexity index is 384. The van der Waals surface area contributed by atoms with E-state index in [1.54, 1.807) is 0 Å². The first-order valence-electron chi connectivity index (χ1n) is 5.70. The molecule has 94 valence electrons. The molecule has 1 unspecified atom stereocenters. The number of hydrogen-bond acceptors (Lipinski definition) is 2. The zero-order chi connectivity index (χ0) is 13.0. The first-order valence-corrected chi connectivity index (χ1v) is 5.70. The summed E-state index contributed by atoms with van der Waals surface area (Å²) >= 11 is 0. The van der Waals surface area contributed by atoms with E-state index in [1.807, 2.05) is 20.8 Å². The van der Waals surface area contributed by atoms with Crippen LogP contribution in [0, 0.1) is 11.7 Å². The van der Waals surface area contributed by atoms with Gasteiger partial charge in [-0.2, -0.15) is 0 Å². The smallest absolute Gasteiger partial charge is 0.258 e. The molecule has 0 bridgehead atoms. The van der Waals surface area contributed by atoms with Crippen molar-refractivity contribution in [3.63, 3.8) is 0 Å². The van der Waals surface area contributed by atoms with Crippen LogP contribution in [0.3, 0.4) is 0 Å². The fraction of sp³-hybridized carbons (Fsp3) is 0.462. The molecule has 0 saturated heterocycles. The van der Waals surface area contributed by atoms with Crippen LogP contribution in [0.1, 0.15) is 37.6 Å². The number of nitrogens with one attached hydrogen (secondary N) is 1. The summed E-state index contributed by atoms with van der Waals surface area (Å²) in [6.45, 7) is 5.95. The van der Waals surface area contributed by atoms with Crippen molar-refractivity contribution in [2.75, 3.05) is 0 Å². The van der Waals surface area contributed by atoms with E-state index in [0.29, 0.717) is 5.92 Å². The highest BCUT2D eigenvalue weighted by Crippen LogP contribution is 2.19. The molecule has 0 fully saturated rings. The maximum Gasteiger partial charge on any atom is 0.258 e. The van der Waals surface area contributed by atoms with Crippen LogP contribution < -0.4 is 5.32 Å². The van der Waals surface area contributed by atoms with Crippen molar-refractivity contribution >= 4 is 5.91 Å². The Morgan fingerprint density at radius 3 is 2.59 bits per heavy atom. The summed E-state index contributed by atoms with van der Waals surface area (Å²) < 4.78 is 13.4. The average Bonchev–Trinajstić information content (AvgIpc) is 2.15. The molecule has 2 N–H and O–H groups in total. The minimum absolute atomic E-state index is 0.0542. The van der Waals surface area contributed by atoms with Crippen molar-refractivity contribution in [3.05, 3.63) is 29.6 Å². The summed E-state index contributed by atoms with van der Waals surface area (Å²) in [6, 6.07) is 3.76. The van der Waals surface area contributed by atoms with Gasteiger partial charge in [-0.15, -0.1) is 0 Å². The molecule has 1 aromatic rings. The first-order chi connectivity index (χ1) is 7.91. The quantitative estimate of drug-likeness (QED) is 0.848. The number of phenols is 1. The Hall–Kier alpha value is -1.58. The molecule has 0 heterocycles. The Morgan fingerprint density at radius 2 is 2.06 bits per heavy atom. The number of benzene rings is 1. The van der Waals surface area contributed by atoms with Gasteiger partial charge in [-0.3, -0.25) is 4.79 Å². The van der Waals surface area contributed by atoms with Gasteiger partial charge >= 0.3 is 0 Å². The molecule has 1 aromatic carbocycles. The molecule has 0 spiro atoms. The normalized spacial score (nSPS) is 12.5. The zero-order valence-electron chi connectivity index (χ0n) is 10.3. The third-order valence-electron chi connectivity index (χ3n) is 2.42. The molecule has 1 rings (SSSR count). The molecule has 1 amide bonds. The number of hydrogen-bond donors (Lipinski definition) is 2. The number of rotatable bonds is 4. The minimum Gasteiger partial charge on any atom is -0.507 e. The summed E-state index contributed by atoms with van der Waals surface area (Å²) in [4.78, 5) is 11.8. The number of phenolic OH excluding ortho intramolecular Hbond substituents is 1. The molecular formula is C13H18FNO2. The van der Waals surface area contributed by atoms with Crippen LogP contribution in [0.2, 0.25) is 0 Å². The van der Waals surface area contributed by atoms with Crippen LogP contribution in [0.4, 0.5) is 4.39 Å². The van der Waals surface area contributed by atoms with E-state index < -0.39 is 11.7 Å². The lowest BCUT2D eigenvalue weighted by atomic mass is 10.0. The van der Waals surface area contributed by atoms with Crippen LogP contribution in [0.15, 0.2) is 18.2 Å². The molecule has 4 heteroatoms. The second-order valence-electron chi connectivity index (χ2n) is 4.64. The van der Waals surface area contributed by atoms with Crippen LogP contribution in [-0.4, -0.2) is 17.1 Å². The van der Waals surface area contributed by atoms with Crippen LogP contribution in [-0.2, 0) is 0 Å². The SMILES string of the molecule is CC(C)CC(C)NC(=O)c1c(O)cccc1F. The lowest BCUT2D eigenvalue weighted by Gasteiger charge is -2.16. The average molecular weight is 239 g/mol. The molecule has 0 aliphatic heterocycles. The van der Waals surface area contributed by atoms with Gasteiger partial charge in [-0.1, -0.05) is 19.9 Å². The Kier molecular flexibility index (Phi) is 4.49. The first kappa shape index (κ1) is 13.5. The molecule has 0 aliphatic rings. The monoisotopic (exact) mass is 239 g/mol. The summed E-state index contributed by atoms with van der Waals surface area (Å²) in [7, 11) is 0. The second-order valence-corrected chi connectivity index (χ2v) is 4.64. The molecule has 1 atom stereocenters. The third kappa shape index (κ3) is 3.73. The van der Waals surface area contributed by atoms with E-state index >= 15 is 0 Å². The summed E-state index contributed by atoms with van der Waals surface area (Å²) in [5.41, 5.74) is -0.289. The third-order valence-corrected chi connectivity index (χ3v) is 2.42. The lowest BCUT2D eigenvalue weighted by Crippen LogP contribution is -2.34. The fourth-order valence-electron chi connectivity index (χ4n) is 1.80. The topological polar surface area (TPSA) is 49.3 Å². The highest BCUT2D eigenvalue weighted by molar-refractivity contribution is 5.97. The molecule has 0 saturated carbocycles. The van der Waals surface area contributed by atoms with E-state index in [1.165, 1.54) is 12.1 Å². The number of aromatic hydroxyl groups is 1. The van der Waals surface area contributed by atoms with Crippen molar-refractivity contribution in [1.29, 1.82) is 0 Å². The maximum atomic E-state index is 13.4. The number of amides is 1. The van der Waals surface area contributed by atoms with Crippen LogP contribution in [0.5, 0.6) is 5.75 Å². The predicted molar refractivity (Wildman–Crippen MR) is 64.4 cm³/mol. The lowest BCUT2D eigenvalue weighted by molar-refractivity contribution is 0.0929. The highest BCUT2D eigenvalue weighted by atomic mass is 19.1. The van der Waals surface area contributed by atoms with Gasteiger partial charge in [-0.25, -0.2) is 4.39 Å². The van der Waals surface area contributed by atoms with Gasteiger partial charge in [0.2, 0.25) is 0 Å². The minimum atomic E-state index is -0.709. The summed E-state index contributed by atoms with van der Waals surface area (Å²) in [5.74, 6) is -1.17. The standard InChI is InChI=1S/C13H18FNO2/c1-8(2)7-9(3)15-13(17)12-10(14)5-4-6-11(12)16/h4-6,8-9,16H,7H2,1-3H3,(H,15,17). The molecule has 0 radical (unpaired) electrons. The number of halogens is 1. The van der Waals surface area contributed by atoms with E-state index in [0.717, 1.165) is 12.5 Å². The predicted octanol–water partition coefficient (Wildman–Crippen LogP) is 2.70. The van der Waals surface area contributed by atoms with Crippen molar-refractivity contribution < 1.29 is 14.3 Å². The van der Waals surface area contributed by atoms with Gasteiger partial charge in [0.05, 0.1) is 0 Å². The Labute approximate surface area is 101 Å². The van der Waals surface area contributed by atoms with Crippen molar-refractivity contribution in [3.8, 4) is 5.75 Å². The van der Waals surface area contributed by atoms with Crippen molar-refractivity contribution in [1.82, 2.24) is 5.32 Å². The van der Waals surface area contributed by atoms with Crippen molar-refractivity contribution in [2.45, 2.75) is 33.2 Å². The van der Waals surface area contributed by atoms with Crippen LogP contribution in [0.25, 0.3) is 0 Å². The fourth-order valence-corrected chi connectivity index (χ4v) is 1.80. The van der Waals surface area contributed by atoms with Crippen LogP contribution >= 0.6 is 0 Å². The Balaban J connectivity index is 2.77. The number of carbonyl (C=O) groups is 1. The van der Waals surface area contributed by atoms with Gasteiger partial charge in [0, 0.05) is 6.04 Å². The number of carbonyl (C=O) groups excluding carboxylic acids is 1. The van der Waals surface area contributed by atoms with E-state index in [2.05, 4.69) is 5.32 Å². The maximum absolute atomic E-state index is 13.4. The van der Waals surface area contributed by atoms with E-state index in [9.17, 15) is 14.3 Å². The largest absolute Gasteiger partial charge is 0.507 e. The van der Waals surface area contributed by atoms with Gasteiger partial charge in [0.1, 0.15) is 17.1 Å². The zero-order valence-corrected chi connectivity index (χ0v) is 10.3. The molecule has 3 nitrogen and oxygen atoms in total. The van der Waals surface area contributed by atoms with Gasteiger partial charge < -0.3 is 10.4 Å². The highest BCUT2D eigenvalue weighted by Gasteiger charge is 2.18. The van der Waals surface area contributed by atoms with Gasteiger partial charge in [0.25, 0.3) is 5.91 Å². The molecular weight excluding hydrogens is 221 g/mol. The molecule has 17 heavy (non-hydrogen) atoms.